The Morgan fingerprint density at radius 3 is 3.00 bits per heavy atom. The van der Waals surface area contributed by atoms with E-state index in [0.29, 0.717) is 24.5 Å². The van der Waals surface area contributed by atoms with E-state index in [9.17, 15) is 4.79 Å². The van der Waals surface area contributed by atoms with Gasteiger partial charge in [0.15, 0.2) is 5.16 Å². The summed E-state index contributed by atoms with van der Waals surface area (Å²) in [5.74, 6) is 2.08. The summed E-state index contributed by atoms with van der Waals surface area (Å²) < 4.78 is 2.02. The maximum atomic E-state index is 11.9. The van der Waals surface area contributed by atoms with Crippen LogP contribution in [0, 0.1) is 0 Å². The van der Waals surface area contributed by atoms with Crippen molar-refractivity contribution in [2.24, 2.45) is 0 Å². The minimum atomic E-state index is -0.0586. The van der Waals surface area contributed by atoms with E-state index in [4.69, 9.17) is 0 Å². The standard InChI is InChI=1S/C15H19N5OS/c1-3-10-20-13(4-2)18-19-15(20)22-11-8-14(21)17-12-7-5-6-9-16-12/h3,5-7,9H,1,4,8,10-11H2,2H3,(H,16,17,21). The van der Waals surface area contributed by atoms with Crippen LogP contribution in [0.15, 0.2) is 42.2 Å². The molecule has 0 aromatic carbocycles. The number of hydrogen-bond donors (Lipinski definition) is 1. The molecule has 2 rings (SSSR count). The van der Waals surface area contributed by atoms with Gasteiger partial charge in [-0.2, -0.15) is 0 Å². The molecule has 2 aromatic heterocycles. The van der Waals surface area contributed by atoms with Crippen molar-refractivity contribution < 1.29 is 4.79 Å². The van der Waals surface area contributed by atoms with Crippen LogP contribution in [0.3, 0.4) is 0 Å². The summed E-state index contributed by atoms with van der Waals surface area (Å²) in [5, 5.41) is 11.9. The first-order valence-corrected chi connectivity index (χ1v) is 8.09. The quantitative estimate of drug-likeness (QED) is 0.598. The van der Waals surface area contributed by atoms with Gasteiger partial charge in [0.05, 0.1) is 0 Å². The van der Waals surface area contributed by atoms with Crippen LogP contribution < -0.4 is 5.32 Å². The first kappa shape index (κ1) is 16.2. The fourth-order valence-electron chi connectivity index (χ4n) is 1.88. The molecule has 1 N–H and O–H groups in total. The lowest BCUT2D eigenvalue weighted by molar-refractivity contribution is -0.115. The molecule has 116 valence electrons. The van der Waals surface area contributed by atoms with Gasteiger partial charge < -0.3 is 9.88 Å². The van der Waals surface area contributed by atoms with Crippen LogP contribution >= 0.6 is 11.8 Å². The first-order valence-electron chi connectivity index (χ1n) is 7.11. The third-order valence-electron chi connectivity index (χ3n) is 2.91. The number of carbonyl (C=O) groups is 1. The van der Waals surface area contributed by atoms with Crippen molar-refractivity contribution >= 4 is 23.5 Å². The first-order chi connectivity index (χ1) is 10.7. The zero-order valence-electron chi connectivity index (χ0n) is 12.5. The molecule has 0 spiro atoms. The fourth-order valence-corrected chi connectivity index (χ4v) is 2.78. The molecule has 2 aromatic rings. The Hall–Kier alpha value is -2.15. The smallest absolute Gasteiger partial charge is 0.226 e. The normalized spacial score (nSPS) is 10.4. The summed E-state index contributed by atoms with van der Waals surface area (Å²) in [6.07, 6.45) is 4.68. The molecule has 6 nitrogen and oxygen atoms in total. The van der Waals surface area contributed by atoms with Gasteiger partial charge in [-0.1, -0.05) is 30.8 Å². The van der Waals surface area contributed by atoms with Crippen LogP contribution in [0.2, 0.25) is 0 Å². The van der Waals surface area contributed by atoms with E-state index in [1.54, 1.807) is 12.3 Å². The number of carbonyl (C=O) groups excluding carboxylic acids is 1. The van der Waals surface area contributed by atoms with Crippen molar-refractivity contribution in [1.29, 1.82) is 0 Å². The van der Waals surface area contributed by atoms with Gasteiger partial charge in [0.25, 0.3) is 0 Å². The van der Waals surface area contributed by atoms with E-state index >= 15 is 0 Å². The van der Waals surface area contributed by atoms with Gasteiger partial charge >= 0.3 is 0 Å². The molecule has 1 amide bonds. The molecule has 0 radical (unpaired) electrons. The lowest BCUT2D eigenvalue weighted by atomic mass is 10.4. The van der Waals surface area contributed by atoms with Crippen molar-refractivity contribution in [3.63, 3.8) is 0 Å². The Morgan fingerprint density at radius 1 is 1.45 bits per heavy atom. The van der Waals surface area contributed by atoms with Gasteiger partial charge in [-0.05, 0) is 12.1 Å². The van der Waals surface area contributed by atoms with Crippen LogP contribution in [0.1, 0.15) is 19.2 Å². The van der Waals surface area contributed by atoms with Gasteiger partial charge in [0.1, 0.15) is 11.6 Å². The second-order valence-electron chi connectivity index (χ2n) is 4.51. The molecular formula is C15H19N5OS. The predicted molar refractivity (Wildman–Crippen MR) is 87.8 cm³/mol. The number of anilines is 1. The average Bonchev–Trinajstić information content (AvgIpc) is 2.91. The second-order valence-corrected chi connectivity index (χ2v) is 5.58. The molecule has 0 unspecified atom stereocenters. The number of amides is 1. The van der Waals surface area contributed by atoms with Crippen LogP contribution in [-0.4, -0.2) is 31.4 Å². The highest BCUT2D eigenvalue weighted by molar-refractivity contribution is 7.99. The second kappa shape index (κ2) is 8.33. The van der Waals surface area contributed by atoms with Crippen LogP contribution in [0.4, 0.5) is 5.82 Å². The summed E-state index contributed by atoms with van der Waals surface area (Å²) in [5.41, 5.74) is 0. The third-order valence-corrected chi connectivity index (χ3v) is 3.88. The molecule has 0 aliphatic carbocycles. The van der Waals surface area contributed by atoms with Gasteiger partial charge in [0, 0.05) is 31.3 Å². The lowest BCUT2D eigenvalue weighted by Gasteiger charge is -2.06. The molecule has 2 heterocycles. The number of aromatic nitrogens is 4. The number of thioether (sulfide) groups is 1. The number of nitrogens with zero attached hydrogens (tertiary/aromatic N) is 4. The molecule has 0 saturated carbocycles. The van der Waals surface area contributed by atoms with Crippen molar-refractivity contribution in [2.75, 3.05) is 11.1 Å². The van der Waals surface area contributed by atoms with Gasteiger partial charge in [-0.15, -0.1) is 16.8 Å². The highest BCUT2D eigenvalue weighted by Gasteiger charge is 2.11. The fraction of sp³-hybridized carbons (Fsp3) is 0.333. The predicted octanol–water partition coefficient (Wildman–Crippen LogP) is 2.54. The highest BCUT2D eigenvalue weighted by Crippen LogP contribution is 2.18. The maximum Gasteiger partial charge on any atom is 0.226 e. The number of rotatable bonds is 8. The van der Waals surface area contributed by atoms with Crippen molar-refractivity contribution in [2.45, 2.75) is 31.5 Å². The summed E-state index contributed by atoms with van der Waals surface area (Å²) in [6, 6.07) is 5.41. The number of aryl methyl sites for hydroxylation is 1. The lowest BCUT2D eigenvalue weighted by Crippen LogP contribution is -2.13. The molecule has 0 bridgehead atoms. The Bertz CT molecular complexity index is 626. The van der Waals surface area contributed by atoms with Crippen molar-refractivity contribution in [1.82, 2.24) is 19.7 Å². The monoisotopic (exact) mass is 317 g/mol. The SMILES string of the molecule is C=CCn1c(CC)nnc1SCCC(=O)Nc1ccccn1. The molecule has 0 aliphatic rings. The van der Waals surface area contributed by atoms with Gasteiger partial charge in [0.2, 0.25) is 5.91 Å². The largest absolute Gasteiger partial charge is 0.311 e. The summed E-state index contributed by atoms with van der Waals surface area (Å²) in [6.45, 7) is 6.47. The third kappa shape index (κ3) is 4.42. The average molecular weight is 317 g/mol. The van der Waals surface area contributed by atoms with E-state index in [1.165, 1.54) is 11.8 Å². The van der Waals surface area contributed by atoms with Crippen molar-refractivity contribution in [3.8, 4) is 0 Å². The highest BCUT2D eigenvalue weighted by atomic mass is 32.2. The van der Waals surface area contributed by atoms with Crippen LogP contribution in [-0.2, 0) is 17.8 Å². The Labute approximate surface area is 134 Å². The summed E-state index contributed by atoms with van der Waals surface area (Å²) in [4.78, 5) is 15.9. The Balaban J connectivity index is 1.84. The minimum Gasteiger partial charge on any atom is -0.311 e. The van der Waals surface area contributed by atoms with E-state index in [0.717, 1.165) is 17.4 Å². The van der Waals surface area contributed by atoms with E-state index in [2.05, 4.69) is 27.1 Å². The van der Waals surface area contributed by atoms with E-state index < -0.39 is 0 Å². The van der Waals surface area contributed by atoms with E-state index in [-0.39, 0.29) is 5.91 Å². The van der Waals surface area contributed by atoms with E-state index in [1.807, 2.05) is 29.7 Å². The molecule has 0 atom stereocenters. The Morgan fingerprint density at radius 2 is 2.32 bits per heavy atom. The molecule has 7 heteroatoms. The van der Waals surface area contributed by atoms with Crippen LogP contribution in [0.25, 0.3) is 0 Å². The minimum absolute atomic E-state index is 0.0586. The number of pyridine rings is 1. The molecule has 22 heavy (non-hydrogen) atoms. The number of allylic oxidation sites excluding steroid dienone is 1. The van der Waals surface area contributed by atoms with Crippen LogP contribution in [0.5, 0.6) is 0 Å². The summed E-state index contributed by atoms with van der Waals surface area (Å²) >= 11 is 1.52. The maximum absolute atomic E-state index is 11.9. The zero-order valence-corrected chi connectivity index (χ0v) is 13.3. The molecule has 0 saturated heterocycles. The zero-order chi connectivity index (χ0) is 15.8. The molecular weight excluding hydrogens is 298 g/mol. The van der Waals surface area contributed by atoms with Gasteiger partial charge in [-0.25, -0.2) is 4.98 Å². The topological polar surface area (TPSA) is 72.7 Å². The van der Waals surface area contributed by atoms with Crippen molar-refractivity contribution in [3.05, 3.63) is 42.9 Å². The van der Waals surface area contributed by atoms with Gasteiger partial charge in [-0.3, -0.25) is 4.79 Å². The number of nitrogens with one attached hydrogen (secondary N) is 1. The number of hydrogen-bond acceptors (Lipinski definition) is 5. The Kier molecular flexibility index (Phi) is 6.14. The molecule has 0 fully saturated rings. The molecule has 0 aliphatic heterocycles. The summed E-state index contributed by atoms with van der Waals surface area (Å²) in [7, 11) is 0.